The van der Waals surface area contributed by atoms with Crippen molar-refractivity contribution in [3.63, 3.8) is 0 Å². The van der Waals surface area contributed by atoms with Gasteiger partial charge in [0, 0.05) is 18.7 Å². The summed E-state index contributed by atoms with van der Waals surface area (Å²) in [4.78, 5) is 12.5. The molecule has 0 spiro atoms. The molecule has 2 heterocycles. The summed E-state index contributed by atoms with van der Waals surface area (Å²) in [5, 5.41) is 12.6. The highest BCUT2D eigenvalue weighted by Gasteiger charge is 2.12. The van der Waals surface area contributed by atoms with Crippen LogP contribution in [0.3, 0.4) is 0 Å². The van der Waals surface area contributed by atoms with Crippen LogP contribution in [-0.2, 0) is 13.1 Å². The number of nitrogens with one attached hydrogen (secondary N) is 1. The van der Waals surface area contributed by atoms with Crippen molar-refractivity contribution in [1.82, 2.24) is 24.9 Å². The van der Waals surface area contributed by atoms with E-state index in [9.17, 15) is 4.79 Å². The number of aromatic nitrogens is 4. The van der Waals surface area contributed by atoms with Gasteiger partial charge in [0.2, 0.25) is 0 Å². The molecule has 0 bridgehead atoms. The van der Waals surface area contributed by atoms with Crippen LogP contribution in [0.5, 0.6) is 0 Å². The van der Waals surface area contributed by atoms with Gasteiger partial charge in [0.15, 0.2) is 0 Å². The number of hydrogen-bond donors (Lipinski definition) is 1. The van der Waals surface area contributed by atoms with Gasteiger partial charge in [-0.1, -0.05) is 35.3 Å². The van der Waals surface area contributed by atoms with E-state index >= 15 is 0 Å². The summed E-state index contributed by atoms with van der Waals surface area (Å²) < 4.78 is 4.59. The summed E-state index contributed by atoms with van der Waals surface area (Å²) in [7, 11) is 0. The monoisotopic (exact) mass is 497 g/mol. The average Bonchev–Trinajstić information content (AvgIpc) is 3.09. The van der Waals surface area contributed by atoms with E-state index in [1.165, 1.54) is 0 Å². The Morgan fingerprint density at radius 2 is 1.86 bits per heavy atom. The summed E-state index contributed by atoms with van der Waals surface area (Å²) in [5.41, 5.74) is 4.35. The SMILES string of the molecule is Cc1nn(CCCNC(=O)c2cccc(Cn3nc(C)c(Br)c3C)c2)c(Cl)c1Cl. The number of carbonyl (C=O) groups is 1. The molecule has 0 aliphatic heterocycles. The molecular formula is C20H22BrCl2N5O. The maximum atomic E-state index is 12.5. The summed E-state index contributed by atoms with van der Waals surface area (Å²) in [6.07, 6.45) is 0.697. The molecule has 29 heavy (non-hydrogen) atoms. The van der Waals surface area contributed by atoms with E-state index in [1.807, 2.05) is 49.7 Å². The number of benzene rings is 1. The van der Waals surface area contributed by atoms with Crippen molar-refractivity contribution in [2.75, 3.05) is 6.54 Å². The summed E-state index contributed by atoms with van der Waals surface area (Å²) in [6.45, 7) is 7.49. The van der Waals surface area contributed by atoms with Crippen molar-refractivity contribution in [2.24, 2.45) is 0 Å². The van der Waals surface area contributed by atoms with Crippen molar-refractivity contribution >= 4 is 45.0 Å². The second-order valence-electron chi connectivity index (χ2n) is 6.87. The maximum Gasteiger partial charge on any atom is 0.251 e. The third-order valence-corrected chi connectivity index (χ3v) is 6.72. The summed E-state index contributed by atoms with van der Waals surface area (Å²) >= 11 is 15.7. The van der Waals surface area contributed by atoms with Gasteiger partial charge < -0.3 is 5.32 Å². The Hall–Kier alpha value is -1.83. The van der Waals surface area contributed by atoms with Gasteiger partial charge in [-0.2, -0.15) is 10.2 Å². The summed E-state index contributed by atoms with van der Waals surface area (Å²) in [5.74, 6) is -0.109. The number of nitrogens with zero attached hydrogens (tertiary/aromatic N) is 4. The number of amides is 1. The van der Waals surface area contributed by atoms with Crippen LogP contribution in [-0.4, -0.2) is 32.0 Å². The molecule has 1 N–H and O–H groups in total. The van der Waals surface area contributed by atoms with Gasteiger partial charge in [-0.3, -0.25) is 14.2 Å². The molecule has 9 heteroatoms. The number of halogens is 3. The minimum atomic E-state index is -0.109. The van der Waals surface area contributed by atoms with Crippen LogP contribution < -0.4 is 5.32 Å². The molecule has 6 nitrogen and oxygen atoms in total. The van der Waals surface area contributed by atoms with Crippen molar-refractivity contribution in [3.8, 4) is 0 Å². The van der Waals surface area contributed by atoms with Gasteiger partial charge in [-0.15, -0.1) is 0 Å². The molecule has 0 aliphatic carbocycles. The number of aryl methyl sites for hydroxylation is 3. The van der Waals surface area contributed by atoms with Crippen LogP contribution in [0.15, 0.2) is 28.7 Å². The number of rotatable bonds is 7. The molecule has 2 aromatic heterocycles. The van der Waals surface area contributed by atoms with E-state index < -0.39 is 0 Å². The van der Waals surface area contributed by atoms with Gasteiger partial charge >= 0.3 is 0 Å². The van der Waals surface area contributed by atoms with Crippen molar-refractivity contribution < 1.29 is 4.79 Å². The first-order chi connectivity index (χ1) is 13.8. The number of carbonyl (C=O) groups excluding carboxylic acids is 1. The molecule has 0 unspecified atom stereocenters. The van der Waals surface area contributed by atoms with E-state index in [2.05, 4.69) is 31.4 Å². The highest BCUT2D eigenvalue weighted by molar-refractivity contribution is 9.10. The first kappa shape index (κ1) is 21.9. The Bertz CT molecular complexity index is 1040. The Labute approximate surface area is 188 Å². The smallest absolute Gasteiger partial charge is 0.251 e. The van der Waals surface area contributed by atoms with E-state index in [0.29, 0.717) is 47.5 Å². The molecular weight excluding hydrogens is 477 g/mol. The topological polar surface area (TPSA) is 64.7 Å². The lowest BCUT2D eigenvalue weighted by Crippen LogP contribution is -2.25. The van der Waals surface area contributed by atoms with Gasteiger partial charge in [-0.05, 0) is 60.8 Å². The van der Waals surface area contributed by atoms with Crippen molar-refractivity contribution in [1.29, 1.82) is 0 Å². The lowest BCUT2D eigenvalue weighted by atomic mass is 10.1. The van der Waals surface area contributed by atoms with E-state index in [1.54, 1.807) is 4.68 Å². The molecule has 0 saturated carbocycles. The van der Waals surface area contributed by atoms with Crippen LogP contribution in [0.25, 0.3) is 0 Å². The van der Waals surface area contributed by atoms with Crippen molar-refractivity contribution in [3.05, 3.63) is 67.1 Å². The predicted octanol–water partition coefficient (Wildman–Crippen LogP) is 4.94. The minimum absolute atomic E-state index is 0.109. The third kappa shape index (κ3) is 5.02. The van der Waals surface area contributed by atoms with E-state index in [4.69, 9.17) is 23.2 Å². The number of hydrogen-bond acceptors (Lipinski definition) is 3. The fourth-order valence-electron chi connectivity index (χ4n) is 3.03. The second kappa shape index (κ2) is 9.32. The lowest BCUT2D eigenvalue weighted by molar-refractivity contribution is 0.0952. The highest BCUT2D eigenvalue weighted by Crippen LogP contribution is 2.25. The Balaban J connectivity index is 1.56. The quantitative estimate of drug-likeness (QED) is 0.469. The normalized spacial score (nSPS) is 11.1. The van der Waals surface area contributed by atoms with Gasteiger partial charge in [0.25, 0.3) is 5.91 Å². The molecule has 3 rings (SSSR count). The van der Waals surface area contributed by atoms with Crippen molar-refractivity contribution in [2.45, 2.75) is 40.3 Å². The largest absolute Gasteiger partial charge is 0.352 e. The van der Waals surface area contributed by atoms with E-state index in [-0.39, 0.29) is 5.91 Å². The Kier molecular flexibility index (Phi) is 7.03. The highest BCUT2D eigenvalue weighted by atomic mass is 79.9. The molecule has 154 valence electrons. The maximum absolute atomic E-state index is 12.5. The third-order valence-electron chi connectivity index (χ3n) is 4.64. The van der Waals surface area contributed by atoms with Crippen LogP contribution in [0.2, 0.25) is 10.2 Å². The average molecular weight is 499 g/mol. The van der Waals surface area contributed by atoms with Gasteiger partial charge in [0.1, 0.15) is 10.2 Å². The molecule has 0 saturated heterocycles. The molecule has 0 fully saturated rings. The van der Waals surface area contributed by atoms with Gasteiger partial charge in [-0.25, -0.2) is 0 Å². The lowest BCUT2D eigenvalue weighted by Gasteiger charge is -2.09. The predicted molar refractivity (Wildman–Crippen MR) is 119 cm³/mol. The zero-order chi connectivity index (χ0) is 21.1. The fourth-order valence-corrected chi connectivity index (χ4v) is 3.70. The van der Waals surface area contributed by atoms with Crippen LogP contribution in [0.4, 0.5) is 0 Å². The minimum Gasteiger partial charge on any atom is -0.352 e. The standard InChI is InChI=1S/C20H22BrCl2N5O/c1-12-17(21)14(3)28(25-12)11-15-6-4-7-16(10-15)20(29)24-8-5-9-27-19(23)18(22)13(2)26-27/h4,6-7,10H,5,8-9,11H2,1-3H3,(H,24,29). The second-order valence-corrected chi connectivity index (χ2v) is 8.39. The molecule has 1 amide bonds. The molecule has 0 radical (unpaired) electrons. The van der Waals surface area contributed by atoms with Crippen LogP contribution >= 0.6 is 39.1 Å². The van der Waals surface area contributed by atoms with E-state index in [0.717, 1.165) is 21.4 Å². The van der Waals surface area contributed by atoms with Gasteiger partial charge in [0.05, 0.1) is 28.1 Å². The zero-order valence-electron chi connectivity index (χ0n) is 16.5. The zero-order valence-corrected chi connectivity index (χ0v) is 19.6. The summed E-state index contributed by atoms with van der Waals surface area (Å²) in [6, 6.07) is 7.59. The van der Waals surface area contributed by atoms with Crippen LogP contribution in [0.1, 0.15) is 39.4 Å². The Morgan fingerprint density at radius 3 is 2.48 bits per heavy atom. The molecule has 3 aromatic rings. The molecule has 1 aromatic carbocycles. The first-order valence-corrected chi connectivity index (χ1v) is 10.8. The fraction of sp³-hybridized carbons (Fsp3) is 0.350. The Morgan fingerprint density at radius 1 is 1.14 bits per heavy atom. The molecule has 0 aliphatic rings. The first-order valence-electron chi connectivity index (χ1n) is 9.23. The van der Waals surface area contributed by atoms with Crippen LogP contribution in [0, 0.1) is 20.8 Å². The molecule has 0 atom stereocenters.